The first kappa shape index (κ1) is 19.4. The van der Waals surface area contributed by atoms with Crippen LogP contribution in [0.4, 0.5) is 24.0 Å². The molecule has 2 aromatic rings. The van der Waals surface area contributed by atoms with Crippen LogP contribution < -0.4 is 11.1 Å². The number of nitrogens with two attached hydrogens (primary N) is 1. The van der Waals surface area contributed by atoms with E-state index in [4.69, 9.17) is 15.6 Å². The molecule has 130 valence electrons. The molecule has 2 rings (SSSR count). The number of hydrogen-bond acceptors (Lipinski definition) is 5. The molecule has 0 saturated heterocycles. The summed E-state index contributed by atoms with van der Waals surface area (Å²) in [6.07, 6.45) is -5.08. The number of carboxylic acid groups (broad SMARTS) is 1. The zero-order valence-electron chi connectivity index (χ0n) is 12.6. The summed E-state index contributed by atoms with van der Waals surface area (Å²) in [5, 5.41) is 10.4. The van der Waals surface area contributed by atoms with Crippen LogP contribution in [0, 0.1) is 13.8 Å². The fourth-order valence-electron chi connectivity index (χ4n) is 1.52. The highest BCUT2D eigenvalue weighted by atomic mass is 32.1. The maximum absolute atomic E-state index is 12.0. The molecular formula is C14H14F3N3O3S. The Morgan fingerprint density at radius 1 is 1.25 bits per heavy atom. The summed E-state index contributed by atoms with van der Waals surface area (Å²) in [6.45, 7) is 3.73. The van der Waals surface area contributed by atoms with Crippen molar-refractivity contribution in [3.8, 4) is 0 Å². The molecule has 1 heterocycles. The summed E-state index contributed by atoms with van der Waals surface area (Å²) >= 11 is 1.20. The van der Waals surface area contributed by atoms with Crippen molar-refractivity contribution in [2.75, 3.05) is 11.1 Å². The molecule has 4 N–H and O–H groups in total. The van der Waals surface area contributed by atoms with Gasteiger partial charge in [-0.2, -0.15) is 13.2 Å². The summed E-state index contributed by atoms with van der Waals surface area (Å²) < 4.78 is 31.7. The van der Waals surface area contributed by atoms with Crippen LogP contribution in [0.15, 0.2) is 24.3 Å². The number of aliphatic carboxylic acids is 1. The van der Waals surface area contributed by atoms with Gasteiger partial charge in [0, 0.05) is 5.69 Å². The van der Waals surface area contributed by atoms with Crippen LogP contribution in [0.3, 0.4) is 0 Å². The van der Waals surface area contributed by atoms with Gasteiger partial charge in [-0.05, 0) is 25.5 Å². The Bertz CT molecular complexity index is 744. The van der Waals surface area contributed by atoms with E-state index in [9.17, 15) is 18.0 Å². The van der Waals surface area contributed by atoms with E-state index >= 15 is 0 Å². The van der Waals surface area contributed by atoms with E-state index in [1.807, 2.05) is 31.2 Å². The van der Waals surface area contributed by atoms with Gasteiger partial charge in [-0.15, -0.1) is 0 Å². The summed E-state index contributed by atoms with van der Waals surface area (Å²) in [4.78, 5) is 25.5. The number of anilines is 2. The number of para-hydroxylation sites is 1. The summed E-state index contributed by atoms with van der Waals surface area (Å²) in [7, 11) is 0. The molecule has 0 spiro atoms. The van der Waals surface area contributed by atoms with Gasteiger partial charge in [0.25, 0.3) is 5.91 Å². The number of nitrogen functional groups attached to an aromatic ring is 1. The van der Waals surface area contributed by atoms with Gasteiger partial charge in [0.15, 0.2) is 5.13 Å². The van der Waals surface area contributed by atoms with Crippen molar-refractivity contribution in [1.29, 1.82) is 0 Å². The van der Waals surface area contributed by atoms with Crippen molar-refractivity contribution in [3.05, 3.63) is 40.4 Å². The third kappa shape index (κ3) is 5.54. The van der Waals surface area contributed by atoms with E-state index in [1.165, 1.54) is 11.3 Å². The van der Waals surface area contributed by atoms with E-state index in [0.717, 1.165) is 11.3 Å². The topological polar surface area (TPSA) is 105 Å². The largest absolute Gasteiger partial charge is 0.490 e. The third-order valence-electron chi connectivity index (χ3n) is 2.66. The number of hydrogen-bond donors (Lipinski definition) is 3. The first-order chi connectivity index (χ1) is 11.0. The number of aromatic nitrogens is 1. The minimum Gasteiger partial charge on any atom is -0.475 e. The minimum atomic E-state index is -5.08. The first-order valence-electron chi connectivity index (χ1n) is 6.42. The normalized spacial score (nSPS) is 10.5. The fourth-order valence-corrected chi connectivity index (χ4v) is 2.25. The van der Waals surface area contributed by atoms with E-state index in [0.29, 0.717) is 15.7 Å². The van der Waals surface area contributed by atoms with Crippen molar-refractivity contribution < 1.29 is 27.9 Å². The van der Waals surface area contributed by atoms with E-state index in [-0.39, 0.29) is 5.91 Å². The number of carbonyl (C=O) groups is 2. The molecular weight excluding hydrogens is 347 g/mol. The highest BCUT2D eigenvalue weighted by molar-refractivity contribution is 7.17. The maximum Gasteiger partial charge on any atom is 0.490 e. The number of carboxylic acids is 1. The summed E-state index contributed by atoms with van der Waals surface area (Å²) in [6, 6.07) is 7.63. The molecule has 10 heteroatoms. The molecule has 0 atom stereocenters. The van der Waals surface area contributed by atoms with Gasteiger partial charge in [-0.3, -0.25) is 4.79 Å². The summed E-state index contributed by atoms with van der Waals surface area (Å²) in [5.74, 6) is -2.92. The lowest BCUT2D eigenvalue weighted by molar-refractivity contribution is -0.192. The zero-order valence-corrected chi connectivity index (χ0v) is 13.5. The average Bonchev–Trinajstić information content (AvgIpc) is 2.80. The molecule has 1 aromatic heterocycles. The van der Waals surface area contributed by atoms with Crippen molar-refractivity contribution in [2.45, 2.75) is 20.0 Å². The molecule has 1 aromatic carbocycles. The summed E-state index contributed by atoms with van der Waals surface area (Å²) in [5.41, 5.74) is 8.07. The Morgan fingerprint density at radius 3 is 2.21 bits per heavy atom. The van der Waals surface area contributed by atoms with Gasteiger partial charge in [0.1, 0.15) is 4.88 Å². The number of nitrogens with zero attached hydrogens (tertiary/aromatic N) is 1. The Morgan fingerprint density at radius 2 is 1.79 bits per heavy atom. The number of carbonyl (C=O) groups excluding carboxylic acids is 1. The monoisotopic (exact) mass is 361 g/mol. The van der Waals surface area contributed by atoms with Gasteiger partial charge < -0.3 is 16.2 Å². The van der Waals surface area contributed by atoms with E-state index in [1.54, 1.807) is 6.92 Å². The zero-order chi connectivity index (χ0) is 18.5. The van der Waals surface area contributed by atoms with Crippen LogP contribution in [-0.4, -0.2) is 28.1 Å². The molecule has 0 fully saturated rings. The smallest absolute Gasteiger partial charge is 0.475 e. The Labute approximate surface area is 139 Å². The molecule has 0 saturated carbocycles. The lowest BCUT2D eigenvalue weighted by atomic mass is 10.2. The molecule has 0 aliphatic heterocycles. The number of halogens is 3. The predicted octanol–water partition coefficient (Wildman–Crippen LogP) is 3.23. The van der Waals surface area contributed by atoms with E-state index < -0.39 is 12.1 Å². The number of alkyl halides is 3. The molecule has 0 radical (unpaired) electrons. The molecule has 0 unspecified atom stereocenters. The first-order valence-corrected chi connectivity index (χ1v) is 7.24. The standard InChI is InChI=1S/C12H13N3OS.C2HF3O2/c1-7-5-3-4-6-9(7)15-11(16)10-8(2)14-12(13)17-10;3-2(4,5)1(6)7/h3-6H,1-2H3,(H2,13,14)(H,15,16);(H,6,7). The highest BCUT2D eigenvalue weighted by Gasteiger charge is 2.38. The average molecular weight is 361 g/mol. The second kappa shape index (κ2) is 7.77. The number of thiazole rings is 1. The van der Waals surface area contributed by atoms with Crippen LogP contribution in [-0.2, 0) is 4.79 Å². The second-order valence-electron chi connectivity index (χ2n) is 4.54. The lowest BCUT2D eigenvalue weighted by Crippen LogP contribution is -2.21. The Kier molecular flexibility index (Phi) is 6.29. The third-order valence-corrected chi connectivity index (χ3v) is 3.64. The molecule has 0 bridgehead atoms. The van der Waals surface area contributed by atoms with E-state index in [2.05, 4.69) is 10.3 Å². The number of rotatable bonds is 2. The van der Waals surface area contributed by atoms with Crippen LogP contribution in [0.25, 0.3) is 0 Å². The number of nitrogens with one attached hydrogen (secondary N) is 1. The minimum absolute atomic E-state index is 0.161. The molecule has 24 heavy (non-hydrogen) atoms. The maximum atomic E-state index is 12.0. The quantitative estimate of drug-likeness (QED) is 0.762. The lowest BCUT2D eigenvalue weighted by Gasteiger charge is -2.06. The fraction of sp³-hybridized carbons (Fsp3) is 0.214. The SMILES string of the molecule is Cc1ccccc1NC(=O)c1sc(N)nc1C.O=C(O)C(F)(F)F. The predicted molar refractivity (Wildman–Crippen MR) is 84.1 cm³/mol. The van der Waals surface area contributed by atoms with Crippen molar-refractivity contribution >= 4 is 34.0 Å². The van der Waals surface area contributed by atoms with Crippen molar-refractivity contribution in [2.24, 2.45) is 0 Å². The van der Waals surface area contributed by atoms with Gasteiger partial charge in [-0.25, -0.2) is 9.78 Å². The molecule has 1 amide bonds. The Hall–Kier alpha value is -2.62. The second-order valence-corrected chi connectivity index (χ2v) is 5.57. The molecule has 0 aliphatic rings. The van der Waals surface area contributed by atoms with Gasteiger partial charge in [0.05, 0.1) is 5.69 Å². The van der Waals surface area contributed by atoms with Gasteiger partial charge in [-0.1, -0.05) is 29.5 Å². The molecule has 0 aliphatic carbocycles. The molecule has 6 nitrogen and oxygen atoms in total. The van der Waals surface area contributed by atoms with Gasteiger partial charge in [0.2, 0.25) is 0 Å². The van der Waals surface area contributed by atoms with Crippen molar-refractivity contribution in [3.63, 3.8) is 0 Å². The number of benzene rings is 1. The van der Waals surface area contributed by atoms with Crippen molar-refractivity contribution in [1.82, 2.24) is 4.98 Å². The van der Waals surface area contributed by atoms with Crippen LogP contribution >= 0.6 is 11.3 Å². The Balaban J connectivity index is 0.000000351. The number of amides is 1. The van der Waals surface area contributed by atoms with Crippen LogP contribution in [0.1, 0.15) is 20.9 Å². The van der Waals surface area contributed by atoms with Gasteiger partial charge >= 0.3 is 12.1 Å². The highest BCUT2D eigenvalue weighted by Crippen LogP contribution is 2.22. The van der Waals surface area contributed by atoms with Crippen LogP contribution in [0.2, 0.25) is 0 Å². The van der Waals surface area contributed by atoms with Crippen LogP contribution in [0.5, 0.6) is 0 Å². The number of aryl methyl sites for hydroxylation is 2.